The van der Waals surface area contributed by atoms with Crippen LogP contribution in [0.2, 0.25) is 0 Å². The van der Waals surface area contributed by atoms with E-state index in [0.717, 1.165) is 29.7 Å². The number of carbonyl (C=O) groups excluding carboxylic acids is 1. The van der Waals surface area contributed by atoms with E-state index in [9.17, 15) is 10.1 Å². The Morgan fingerprint density at radius 3 is 2.11 bits per heavy atom. The Labute approximate surface area is 170 Å². The van der Waals surface area contributed by atoms with E-state index in [1.54, 1.807) is 6.20 Å². The van der Waals surface area contributed by atoms with E-state index >= 15 is 0 Å². The molecule has 1 aromatic carbocycles. The molecule has 0 aliphatic heterocycles. The number of rotatable bonds is 4. The first-order valence-electron chi connectivity index (χ1n) is 10.8. The summed E-state index contributed by atoms with van der Waals surface area (Å²) in [5.74, 6) is -0.352. The first kappa shape index (κ1) is 22.0. The number of hydrogen-bond acceptors (Lipinski definition) is 3. The van der Waals surface area contributed by atoms with Crippen LogP contribution in [-0.2, 0) is 4.79 Å². The number of nitrogens with zero attached hydrogens (tertiary/aromatic N) is 1. The number of carbonyl (C=O) groups is 1. The molecule has 1 saturated carbocycles. The molecule has 0 spiro atoms. The quantitative estimate of drug-likeness (QED) is 0.503. The number of anilines is 1. The van der Waals surface area contributed by atoms with Gasteiger partial charge in [0.2, 0.25) is 0 Å². The van der Waals surface area contributed by atoms with Gasteiger partial charge in [0.25, 0.3) is 5.91 Å². The van der Waals surface area contributed by atoms with Gasteiger partial charge in [-0.15, -0.1) is 0 Å². The summed E-state index contributed by atoms with van der Waals surface area (Å²) in [4.78, 5) is 12.5. The molecular weight excluding hydrogens is 346 g/mol. The molecule has 2 N–H and O–H groups in total. The molecule has 0 unspecified atom stereocenters. The molecule has 1 fully saturated rings. The third kappa shape index (κ3) is 7.76. The fraction of sp³-hybridized carbons (Fsp3) is 0.583. The van der Waals surface area contributed by atoms with Crippen LogP contribution in [0.5, 0.6) is 0 Å². The summed E-state index contributed by atoms with van der Waals surface area (Å²) in [5.41, 5.74) is 3.03. The summed E-state index contributed by atoms with van der Waals surface area (Å²) < 4.78 is 0. The van der Waals surface area contributed by atoms with E-state index < -0.39 is 0 Å². The third-order valence-corrected chi connectivity index (χ3v) is 5.56. The first-order valence-corrected chi connectivity index (χ1v) is 10.8. The molecule has 0 heterocycles. The van der Waals surface area contributed by atoms with Gasteiger partial charge in [-0.25, -0.2) is 0 Å². The smallest absolute Gasteiger partial charge is 0.267 e. The van der Waals surface area contributed by atoms with Crippen LogP contribution in [0.1, 0.15) is 81.8 Å². The second-order valence-corrected chi connectivity index (χ2v) is 8.07. The number of amides is 1. The van der Waals surface area contributed by atoms with Crippen LogP contribution < -0.4 is 10.6 Å². The van der Waals surface area contributed by atoms with Crippen molar-refractivity contribution < 1.29 is 4.79 Å². The summed E-state index contributed by atoms with van der Waals surface area (Å²) in [5, 5.41) is 15.7. The molecule has 0 aromatic heterocycles. The maximum absolute atomic E-state index is 12.5. The van der Waals surface area contributed by atoms with Crippen LogP contribution in [-0.4, -0.2) is 11.9 Å². The summed E-state index contributed by atoms with van der Waals surface area (Å²) in [6, 6.07) is 8.26. The van der Waals surface area contributed by atoms with Crippen molar-refractivity contribution in [1.82, 2.24) is 5.32 Å². The zero-order valence-electron chi connectivity index (χ0n) is 17.5. The lowest BCUT2D eigenvalue weighted by Crippen LogP contribution is -2.26. The number of benzene rings is 1. The van der Waals surface area contributed by atoms with Crippen molar-refractivity contribution in [3.63, 3.8) is 0 Å². The summed E-state index contributed by atoms with van der Waals surface area (Å²) in [6.07, 6.45) is 15.5. The van der Waals surface area contributed by atoms with Gasteiger partial charge in [0, 0.05) is 17.9 Å². The molecular formula is C24H35N3O. The first-order chi connectivity index (χ1) is 13.6. The minimum Gasteiger partial charge on any atom is -0.387 e. The number of hydrogen-bond donors (Lipinski definition) is 2. The van der Waals surface area contributed by atoms with Crippen molar-refractivity contribution in [2.45, 2.75) is 90.5 Å². The second-order valence-electron chi connectivity index (χ2n) is 8.07. The van der Waals surface area contributed by atoms with Crippen LogP contribution >= 0.6 is 0 Å². The molecule has 0 saturated heterocycles. The monoisotopic (exact) mass is 381 g/mol. The summed E-state index contributed by atoms with van der Waals surface area (Å²) >= 11 is 0. The maximum atomic E-state index is 12.5. The van der Waals surface area contributed by atoms with E-state index in [0.29, 0.717) is 6.04 Å². The molecule has 0 atom stereocenters. The van der Waals surface area contributed by atoms with Gasteiger partial charge in [-0.05, 0) is 38.3 Å². The summed E-state index contributed by atoms with van der Waals surface area (Å²) in [7, 11) is 0. The molecule has 4 nitrogen and oxygen atoms in total. The Kier molecular flexibility index (Phi) is 9.62. The molecule has 152 valence electrons. The molecule has 1 aliphatic carbocycles. The van der Waals surface area contributed by atoms with Crippen molar-refractivity contribution in [1.29, 1.82) is 5.26 Å². The predicted molar refractivity (Wildman–Crippen MR) is 116 cm³/mol. The maximum Gasteiger partial charge on any atom is 0.267 e. The number of aryl methyl sites for hydroxylation is 2. The average molecular weight is 382 g/mol. The van der Waals surface area contributed by atoms with Crippen LogP contribution in [0.4, 0.5) is 5.69 Å². The predicted octanol–water partition coefficient (Wildman–Crippen LogP) is 5.91. The lowest BCUT2D eigenvalue weighted by Gasteiger charge is -2.18. The third-order valence-electron chi connectivity index (χ3n) is 5.56. The largest absolute Gasteiger partial charge is 0.387 e. The fourth-order valence-electron chi connectivity index (χ4n) is 3.82. The van der Waals surface area contributed by atoms with Crippen LogP contribution in [0, 0.1) is 25.2 Å². The number of nitriles is 1. The Morgan fingerprint density at radius 2 is 1.57 bits per heavy atom. The topological polar surface area (TPSA) is 64.9 Å². The lowest BCUT2D eigenvalue weighted by molar-refractivity contribution is -0.112. The highest BCUT2D eigenvalue weighted by atomic mass is 16.1. The molecule has 0 radical (unpaired) electrons. The van der Waals surface area contributed by atoms with E-state index in [4.69, 9.17) is 0 Å². The van der Waals surface area contributed by atoms with Gasteiger partial charge in [-0.2, -0.15) is 5.26 Å². The van der Waals surface area contributed by atoms with Gasteiger partial charge in [-0.3, -0.25) is 4.79 Å². The highest BCUT2D eigenvalue weighted by Crippen LogP contribution is 2.18. The minimum atomic E-state index is -0.352. The second kappa shape index (κ2) is 12.2. The molecule has 1 amide bonds. The Morgan fingerprint density at radius 1 is 1.00 bits per heavy atom. The van der Waals surface area contributed by atoms with Gasteiger partial charge in [0.05, 0.1) is 0 Å². The van der Waals surface area contributed by atoms with E-state index in [2.05, 4.69) is 10.6 Å². The van der Waals surface area contributed by atoms with Crippen molar-refractivity contribution >= 4 is 11.6 Å². The van der Waals surface area contributed by atoms with Gasteiger partial charge in [0.1, 0.15) is 11.6 Å². The van der Waals surface area contributed by atoms with Crippen molar-refractivity contribution in [3.05, 3.63) is 41.1 Å². The standard InChI is InChI=1S/C24H35N3O/c1-19-14-15-23(20(2)16-19)27-24(28)21(17-25)18-26-22-12-10-8-6-4-3-5-7-9-11-13-22/h14-16,18,22,26H,3-13H2,1-2H3,(H,27,28)/b21-18-. The zero-order chi connectivity index (χ0) is 20.2. The van der Waals surface area contributed by atoms with E-state index in [-0.39, 0.29) is 11.5 Å². The van der Waals surface area contributed by atoms with Crippen molar-refractivity contribution in [2.24, 2.45) is 0 Å². The van der Waals surface area contributed by atoms with E-state index in [1.807, 2.05) is 38.1 Å². The Bertz CT molecular complexity index is 690. The van der Waals surface area contributed by atoms with Gasteiger partial charge in [0.15, 0.2) is 0 Å². The highest BCUT2D eigenvalue weighted by molar-refractivity contribution is 6.06. The van der Waals surface area contributed by atoms with Gasteiger partial charge in [-0.1, -0.05) is 75.5 Å². The molecule has 4 heteroatoms. The van der Waals surface area contributed by atoms with Gasteiger partial charge >= 0.3 is 0 Å². The fourth-order valence-corrected chi connectivity index (χ4v) is 3.82. The van der Waals surface area contributed by atoms with Crippen molar-refractivity contribution in [2.75, 3.05) is 5.32 Å². The molecule has 0 bridgehead atoms. The van der Waals surface area contributed by atoms with Crippen LogP contribution in [0.15, 0.2) is 30.0 Å². The average Bonchev–Trinajstić information content (AvgIpc) is 2.66. The zero-order valence-corrected chi connectivity index (χ0v) is 17.5. The highest BCUT2D eigenvalue weighted by Gasteiger charge is 2.13. The molecule has 1 aliphatic rings. The molecule has 28 heavy (non-hydrogen) atoms. The Balaban J connectivity index is 1.94. The normalized spacial score (nSPS) is 17.7. The van der Waals surface area contributed by atoms with Crippen molar-refractivity contribution in [3.8, 4) is 6.07 Å². The van der Waals surface area contributed by atoms with Crippen LogP contribution in [0.25, 0.3) is 0 Å². The Hall–Kier alpha value is -2.28. The SMILES string of the molecule is Cc1ccc(NC(=O)/C(C#N)=C\NC2CCCCCCCCCCC2)c(C)c1. The van der Waals surface area contributed by atoms with Crippen LogP contribution in [0.3, 0.4) is 0 Å². The number of nitrogens with one attached hydrogen (secondary N) is 2. The lowest BCUT2D eigenvalue weighted by atomic mass is 9.98. The summed E-state index contributed by atoms with van der Waals surface area (Å²) in [6.45, 7) is 3.98. The van der Waals surface area contributed by atoms with Gasteiger partial charge < -0.3 is 10.6 Å². The molecule has 1 aromatic rings. The molecule has 2 rings (SSSR count). The minimum absolute atomic E-state index is 0.131. The van der Waals surface area contributed by atoms with E-state index in [1.165, 1.54) is 57.8 Å².